The third-order valence-corrected chi connectivity index (χ3v) is 4.41. The van der Waals surface area contributed by atoms with Crippen LogP contribution in [0.4, 0.5) is 0 Å². The van der Waals surface area contributed by atoms with E-state index in [1.54, 1.807) is 26.2 Å². The van der Waals surface area contributed by atoms with Crippen molar-refractivity contribution in [1.82, 2.24) is 10.9 Å². The summed E-state index contributed by atoms with van der Waals surface area (Å²) >= 11 is 0. The molecule has 0 fully saturated rings. The number of para-hydroxylation sites is 1. The van der Waals surface area contributed by atoms with Gasteiger partial charge in [0.05, 0.1) is 18.6 Å². The van der Waals surface area contributed by atoms with E-state index in [4.69, 9.17) is 4.74 Å². The van der Waals surface area contributed by atoms with Crippen molar-refractivity contribution >= 4 is 22.6 Å². The fourth-order valence-corrected chi connectivity index (χ4v) is 2.75. The molecular formula is C21H20N2O4. The summed E-state index contributed by atoms with van der Waals surface area (Å²) in [6.07, 6.45) is 0. The van der Waals surface area contributed by atoms with E-state index < -0.39 is 11.8 Å². The Balaban J connectivity index is 1.69. The van der Waals surface area contributed by atoms with Crippen molar-refractivity contribution in [3.8, 4) is 11.5 Å². The van der Waals surface area contributed by atoms with Crippen molar-refractivity contribution in [3.63, 3.8) is 0 Å². The zero-order chi connectivity index (χ0) is 19.4. The largest absolute Gasteiger partial charge is 0.507 e. The summed E-state index contributed by atoms with van der Waals surface area (Å²) in [6, 6.07) is 17.6. The highest BCUT2D eigenvalue weighted by Gasteiger charge is 2.17. The Kier molecular flexibility index (Phi) is 5.26. The smallest absolute Gasteiger partial charge is 0.273 e. The van der Waals surface area contributed by atoms with Crippen LogP contribution in [-0.4, -0.2) is 24.0 Å². The quantitative estimate of drug-likeness (QED) is 0.621. The first-order valence-corrected chi connectivity index (χ1v) is 8.45. The van der Waals surface area contributed by atoms with E-state index in [1.807, 2.05) is 36.4 Å². The van der Waals surface area contributed by atoms with E-state index >= 15 is 0 Å². The zero-order valence-corrected chi connectivity index (χ0v) is 15.0. The fraction of sp³-hybridized carbons (Fsp3) is 0.143. The molecule has 0 unspecified atom stereocenters. The molecule has 3 aromatic carbocycles. The van der Waals surface area contributed by atoms with Crippen molar-refractivity contribution in [1.29, 1.82) is 0 Å². The number of methoxy groups -OCH3 is 1. The monoisotopic (exact) mass is 364 g/mol. The van der Waals surface area contributed by atoms with Gasteiger partial charge in [-0.2, -0.15) is 0 Å². The Morgan fingerprint density at radius 1 is 0.963 bits per heavy atom. The van der Waals surface area contributed by atoms with E-state index in [0.717, 1.165) is 22.1 Å². The van der Waals surface area contributed by atoms with Gasteiger partial charge in [0.15, 0.2) is 0 Å². The van der Waals surface area contributed by atoms with Crippen LogP contribution in [0, 0.1) is 0 Å². The van der Waals surface area contributed by atoms with E-state index in [2.05, 4.69) is 10.9 Å². The molecule has 0 aliphatic heterocycles. The number of nitrogens with one attached hydrogen (secondary N) is 2. The standard InChI is InChI=1S/C21H20N2O4/c1-13(14-7-8-16-12-17(27-2)10-9-15(16)11-14)20(25)22-23-21(26)18-5-3-4-6-19(18)24/h3-13,24H,1-2H3,(H,22,25)(H,23,26)/t13-/m0/s1. The van der Waals surface area contributed by atoms with E-state index in [0.29, 0.717) is 0 Å². The molecule has 0 saturated carbocycles. The molecule has 0 saturated heterocycles. The van der Waals surface area contributed by atoms with Gasteiger partial charge in [0, 0.05) is 0 Å². The third kappa shape index (κ3) is 4.00. The minimum Gasteiger partial charge on any atom is -0.507 e. The Hall–Kier alpha value is -3.54. The van der Waals surface area contributed by atoms with Crippen molar-refractivity contribution in [2.45, 2.75) is 12.8 Å². The van der Waals surface area contributed by atoms with Gasteiger partial charge >= 0.3 is 0 Å². The van der Waals surface area contributed by atoms with Gasteiger partial charge < -0.3 is 9.84 Å². The number of aromatic hydroxyl groups is 1. The van der Waals surface area contributed by atoms with Crippen molar-refractivity contribution in [2.24, 2.45) is 0 Å². The maximum Gasteiger partial charge on any atom is 0.273 e. The highest BCUT2D eigenvalue weighted by Crippen LogP contribution is 2.25. The molecule has 6 heteroatoms. The number of carbonyl (C=O) groups is 2. The number of fused-ring (bicyclic) bond motifs is 1. The molecule has 0 spiro atoms. The van der Waals surface area contributed by atoms with Gasteiger partial charge in [0.2, 0.25) is 5.91 Å². The average Bonchev–Trinajstić information content (AvgIpc) is 2.70. The summed E-state index contributed by atoms with van der Waals surface area (Å²) < 4.78 is 5.22. The molecule has 0 bridgehead atoms. The number of ether oxygens (including phenoxy) is 1. The Morgan fingerprint density at radius 3 is 2.41 bits per heavy atom. The topological polar surface area (TPSA) is 87.7 Å². The molecule has 0 aliphatic carbocycles. The number of phenolic OH excluding ortho intramolecular Hbond substituents is 1. The highest BCUT2D eigenvalue weighted by molar-refractivity contribution is 5.98. The summed E-state index contributed by atoms with van der Waals surface area (Å²) in [5.74, 6) is -0.790. The van der Waals surface area contributed by atoms with Gasteiger partial charge in [0.1, 0.15) is 11.5 Å². The summed E-state index contributed by atoms with van der Waals surface area (Å²) in [5, 5.41) is 11.7. The number of carbonyl (C=O) groups excluding carboxylic acids is 2. The molecular weight excluding hydrogens is 344 g/mol. The lowest BCUT2D eigenvalue weighted by molar-refractivity contribution is -0.123. The summed E-state index contributed by atoms with van der Waals surface area (Å²) in [5.41, 5.74) is 5.64. The lowest BCUT2D eigenvalue weighted by Crippen LogP contribution is -2.43. The van der Waals surface area contributed by atoms with Crippen LogP contribution in [-0.2, 0) is 4.79 Å². The van der Waals surface area contributed by atoms with Crippen LogP contribution < -0.4 is 15.6 Å². The first-order valence-electron chi connectivity index (χ1n) is 8.45. The number of hydrogen-bond donors (Lipinski definition) is 3. The number of rotatable bonds is 4. The maximum atomic E-state index is 12.4. The molecule has 3 N–H and O–H groups in total. The SMILES string of the molecule is COc1ccc2cc([C@H](C)C(=O)NNC(=O)c3ccccc3O)ccc2c1. The van der Waals surface area contributed by atoms with Crippen LogP contribution in [0.1, 0.15) is 28.8 Å². The lowest BCUT2D eigenvalue weighted by Gasteiger charge is -2.14. The van der Waals surface area contributed by atoms with Crippen LogP contribution in [0.25, 0.3) is 10.8 Å². The van der Waals surface area contributed by atoms with E-state index in [9.17, 15) is 14.7 Å². The number of benzene rings is 3. The van der Waals surface area contributed by atoms with Gasteiger partial charge in [-0.25, -0.2) is 0 Å². The summed E-state index contributed by atoms with van der Waals surface area (Å²) in [7, 11) is 1.62. The van der Waals surface area contributed by atoms with Gasteiger partial charge in [-0.15, -0.1) is 0 Å². The normalized spacial score (nSPS) is 11.6. The molecule has 2 amide bonds. The first kappa shape index (κ1) is 18.3. The fourth-order valence-electron chi connectivity index (χ4n) is 2.75. The Morgan fingerprint density at radius 2 is 1.67 bits per heavy atom. The third-order valence-electron chi connectivity index (χ3n) is 4.41. The van der Waals surface area contributed by atoms with Gasteiger partial charge in [0.25, 0.3) is 5.91 Å². The zero-order valence-electron chi connectivity index (χ0n) is 15.0. The van der Waals surface area contributed by atoms with Gasteiger partial charge in [-0.1, -0.05) is 36.4 Å². The van der Waals surface area contributed by atoms with Crippen molar-refractivity contribution in [2.75, 3.05) is 7.11 Å². The molecule has 6 nitrogen and oxygen atoms in total. The summed E-state index contributed by atoms with van der Waals surface area (Å²) in [6.45, 7) is 1.76. The van der Waals surface area contributed by atoms with Crippen LogP contribution in [0.5, 0.6) is 11.5 Å². The molecule has 138 valence electrons. The van der Waals surface area contributed by atoms with Gasteiger partial charge in [-0.05, 0) is 47.5 Å². The molecule has 0 heterocycles. The van der Waals surface area contributed by atoms with E-state index in [1.165, 1.54) is 12.1 Å². The van der Waals surface area contributed by atoms with Crippen LogP contribution in [0.2, 0.25) is 0 Å². The van der Waals surface area contributed by atoms with Crippen molar-refractivity contribution in [3.05, 3.63) is 71.8 Å². The van der Waals surface area contributed by atoms with Crippen LogP contribution in [0.3, 0.4) is 0 Å². The molecule has 27 heavy (non-hydrogen) atoms. The molecule has 0 aliphatic rings. The molecule has 0 radical (unpaired) electrons. The Labute approximate surface area is 156 Å². The molecule has 3 rings (SSSR count). The van der Waals surface area contributed by atoms with Crippen LogP contribution in [0.15, 0.2) is 60.7 Å². The highest BCUT2D eigenvalue weighted by atomic mass is 16.5. The van der Waals surface area contributed by atoms with Crippen LogP contribution >= 0.6 is 0 Å². The second kappa shape index (κ2) is 7.78. The summed E-state index contributed by atoms with van der Waals surface area (Å²) in [4.78, 5) is 24.5. The molecule has 3 aromatic rings. The van der Waals surface area contributed by atoms with Crippen molar-refractivity contribution < 1.29 is 19.4 Å². The number of phenols is 1. The molecule has 0 aromatic heterocycles. The number of hydrazine groups is 1. The number of hydrogen-bond acceptors (Lipinski definition) is 4. The Bertz CT molecular complexity index is 1000. The minimum absolute atomic E-state index is 0.0881. The van der Waals surface area contributed by atoms with Gasteiger partial charge in [-0.3, -0.25) is 20.4 Å². The lowest BCUT2D eigenvalue weighted by atomic mass is 9.97. The first-order chi connectivity index (χ1) is 13.0. The predicted molar refractivity (Wildman–Crippen MR) is 103 cm³/mol. The minimum atomic E-state index is -0.584. The number of amides is 2. The maximum absolute atomic E-state index is 12.4. The second-order valence-electron chi connectivity index (χ2n) is 6.15. The average molecular weight is 364 g/mol. The predicted octanol–water partition coefficient (Wildman–Crippen LogP) is 3.12. The molecule has 1 atom stereocenters. The van der Waals surface area contributed by atoms with E-state index in [-0.39, 0.29) is 17.2 Å². The second-order valence-corrected chi connectivity index (χ2v) is 6.15.